The second-order valence-electron chi connectivity index (χ2n) is 6.46. The van der Waals surface area contributed by atoms with Crippen LogP contribution >= 0.6 is 0 Å². The third-order valence-electron chi connectivity index (χ3n) is 4.29. The van der Waals surface area contributed by atoms with Crippen LogP contribution in [-0.4, -0.2) is 54.5 Å². The van der Waals surface area contributed by atoms with Crippen LogP contribution in [0.5, 0.6) is 11.5 Å². The predicted molar refractivity (Wildman–Crippen MR) is 87.3 cm³/mol. The van der Waals surface area contributed by atoms with Gasteiger partial charge in [0, 0.05) is 49.8 Å². The van der Waals surface area contributed by atoms with Crippen molar-refractivity contribution in [3.63, 3.8) is 0 Å². The fourth-order valence-corrected chi connectivity index (χ4v) is 3.17. The summed E-state index contributed by atoms with van der Waals surface area (Å²) in [5.41, 5.74) is 0.464. The van der Waals surface area contributed by atoms with Gasteiger partial charge < -0.3 is 20.3 Å². The Kier molecular flexibility index (Phi) is 5.67. The van der Waals surface area contributed by atoms with Crippen molar-refractivity contribution < 1.29 is 14.9 Å². The molecule has 5 nitrogen and oxygen atoms in total. The third kappa shape index (κ3) is 3.54. The SMILES string of the molecule is CCOc1cccc([C@H](N2CCNCC2)C(C)(C)CO)c1O. The number of para-hydroxylation sites is 1. The maximum atomic E-state index is 10.6. The van der Waals surface area contributed by atoms with Gasteiger partial charge in [0.15, 0.2) is 11.5 Å². The van der Waals surface area contributed by atoms with Gasteiger partial charge in [0.25, 0.3) is 0 Å². The fraction of sp³-hybridized carbons (Fsp3) is 0.647. The summed E-state index contributed by atoms with van der Waals surface area (Å²) in [5.74, 6) is 0.697. The zero-order valence-electron chi connectivity index (χ0n) is 13.8. The van der Waals surface area contributed by atoms with Crippen molar-refractivity contribution >= 4 is 0 Å². The summed E-state index contributed by atoms with van der Waals surface area (Å²) in [6.45, 7) is 10.2. The second-order valence-corrected chi connectivity index (χ2v) is 6.46. The van der Waals surface area contributed by atoms with Crippen LogP contribution in [-0.2, 0) is 0 Å². The number of aliphatic hydroxyl groups excluding tert-OH is 1. The lowest BCUT2D eigenvalue weighted by Crippen LogP contribution is -2.49. The van der Waals surface area contributed by atoms with E-state index in [0.717, 1.165) is 31.7 Å². The van der Waals surface area contributed by atoms with E-state index in [9.17, 15) is 10.2 Å². The van der Waals surface area contributed by atoms with Crippen molar-refractivity contribution in [2.24, 2.45) is 5.41 Å². The molecule has 0 aliphatic carbocycles. The van der Waals surface area contributed by atoms with E-state index in [1.807, 2.05) is 32.9 Å². The van der Waals surface area contributed by atoms with Gasteiger partial charge >= 0.3 is 0 Å². The number of piperazine rings is 1. The summed E-state index contributed by atoms with van der Waals surface area (Å²) >= 11 is 0. The maximum Gasteiger partial charge on any atom is 0.162 e. The van der Waals surface area contributed by atoms with Crippen molar-refractivity contribution in [2.45, 2.75) is 26.8 Å². The Morgan fingerprint density at radius 1 is 1.32 bits per heavy atom. The summed E-state index contributed by atoms with van der Waals surface area (Å²) in [6, 6.07) is 5.56. The van der Waals surface area contributed by atoms with E-state index in [4.69, 9.17) is 4.74 Å². The molecule has 1 aliphatic heterocycles. The van der Waals surface area contributed by atoms with Crippen LogP contribution in [0.25, 0.3) is 0 Å². The molecule has 1 atom stereocenters. The molecular weight excluding hydrogens is 280 g/mol. The largest absolute Gasteiger partial charge is 0.504 e. The number of aromatic hydroxyl groups is 1. The van der Waals surface area contributed by atoms with Crippen LogP contribution in [0.1, 0.15) is 32.4 Å². The van der Waals surface area contributed by atoms with Gasteiger partial charge in [-0.3, -0.25) is 4.90 Å². The fourth-order valence-electron chi connectivity index (χ4n) is 3.17. The van der Waals surface area contributed by atoms with Gasteiger partial charge in [0.05, 0.1) is 6.61 Å². The number of phenols is 1. The average Bonchev–Trinajstić information content (AvgIpc) is 2.52. The number of aliphatic hydroxyl groups is 1. The highest BCUT2D eigenvalue weighted by Gasteiger charge is 2.37. The van der Waals surface area contributed by atoms with E-state index in [2.05, 4.69) is 10.2 Å². The standard InChI is InChI=1S/C17H28N2O3/c1-4-22-14-7-5-6-13(15(14)21)16(17(2,3)12-20)19-10-8-18-9-11-19/h5-7,16,18,20-21H,4,8-12H2,1-3H3/t16-/m0/s1. The first-order valence-electron chi connectivity index (χ1n) is 8.01. The minimum atomic E-state index is -0.361. The summed E-state index contributed by atoms with van der Waals surface area (Å²) in [7, 11) is 0. The summed E-state index contributed by atoms with van der Waals surface area (Å²) in [4.78, 5) is 2.33. The molecule has 0 bridgehead atoms. The predicted octanol–water partition coefficient (Wildman–Crippen LogP) is 1.76. The number of nitrogens with zero attached hydrogens (tertiary/aromatic N) is 1. The number of ether oxygens (including phenoxy) is 1. The van der Waals surface area contributed by atoms with Crippen LogP contribution in [0.4, 0.5) is 0 Å². The highest BCUT2D eigenvalue weighted by atomic mass is 16.5. The van der Waals surface area contributed by atoms with Crippen LogP contribution in [0.15, 0.2) is 18.2 Å². The monoisotopic (exact) mass is 308 g/mol. The zero-order valence-corrected chi connectivity index (χ0v) is 13.8. The number of hydrogen-bond acceptors (Lipinski definition) is 5. The van der Waals surface area contributed by atoms with Crippen LogP contribution in [0, 0.1) is 5.41 Å². The number of rotatable bonds is 6. The summed E-state index contributed by atoms with van der Waals surface area (Å²) in [5, 5.41) is 23.8. The molecule has 1 saturated heterocycles. The Morgan fingerprint density at radius 3 is 2.59 bits per heavy atom. The van der Waals surface area contributed by atoms with Crippen molar-refractivity contribution in [1.29, 1.82) is 0 Å². The number of hydrogen-bond donors (Lipinski definition) is 3. The molecule has 124 valence electrons. The number of phenolic OH excluding ortho intramolecular Hbond substituents is 1. The third-order valence-corrected chi connectivity index (χ3v) is 4.29. The molecule has 5 heteroatoms. The minimum Gasteiger partial charge on any atom is -0.504 e. The highest BCUT2D eigenvalue weighted by Crippen LogP contribution is 2.44. The molecule has 1 aliphatic rings. The molecule has 0 spiro atoms. The molecule has 2 rings (SSSR count). The average molecular weight is 308 g/mol. The lowest BCUT2D eigenvalue weighted by Gasteiger charge is -2.43. The Bertz CT molecular complexity index is 485. The smallest absolute Gasteiger partial charge is 0.162 e. The van der Waals surface area contributed by atoms with Gasteiger partial charge in [-0.15, -0.1) is 0 Å². The molecule has 1 aromatic carbocycles. The second kappa shape index (κ2) is 7.31. The van der Waals surface area contributed by atoms with Gasteiger partial charge in [-0.2, -0.15) is 0 Å². The first kappa shape index (κ1) is 17.1. The molecule has 0 unspecified atom stereocenters. The zero-order chi connectivity index (χ0) is 16.2. The molecule has 0 radical (unpaired) electrons. The van der Waals surface area contributed by atoms with E-state index in [-0.39, 0.29) is 23.8 Å². The normalized spacial score (nSPS) is 18.2. The van der Waals surface area contributed by atoms with E-state index in [0.29, 0.717) is 12.4 Å². The highest BCUT2D eigenvalue weighted by molar-refractivity contribution is 5.47. The summed E-state index contributed by atoms with van der Waals surface area (Å²) < 4.78 is 5.52. The van der Waals surface area contributed by atoms with E-state index in [1.165, 1.54) is 0 Å². The first-order valence-corrected chi connectivity index (χ1v) is 8.01. The first-order chi connectivity index (χ1) is 10.5. The molecule has 3 N–H and O–H groups in total. The Morgan fingerprint density at radius 2 is 2.00 bits per heavy atom. The Labute approximate surface area is 132 Å². The van der Waals surface area contributed by atoms with Gasteiger partial charge in [-0.25, -0.2) is 0 Å². The quantitative estimate of drug-likeness (QED) is 0.747. The minimum absolute atomic E-state index is 0.0555. The maximum absolute atomic E-state index is 10.6. The van der Waals surface area contributed by atoms with Crippen molar-refractivity contribution in [2.75, 3.05) is 39.4 Å². The van der Waals surface area contributed by atoms with Crippen molar-refractivity contribution in [3.05, 3.63) is 23.8 Å². The molecule has 1 fully saturated rings. The summed E-state index contributed by atoms with van der Waals surface area (Å²) in [6.07, 6.45) is 0. The molecule has 22 heavy (non-hydrogen) atoms. The number of benzene rings is 1. The van der Waals surface area contributed by atoms with Crippen LogP contribution in [0.3, 0.4) is 0 Å². The number of nitrogens with one attached hydrogen (secondary N) is 1. The van der Waals surface area contributed by atoms with E-state index < -0.39 is 0 Å². The lowest BCUT2D eigenvalue weighted by molar-refractivity contribution is 0.0291. The molecule has 0 aromatic heterocycles. The Balaban J connectivity index is 2.42. The van der Waals surface area contributed by atoms with Crippen molar-refractivity contribution in [3.8, 4) is 11.5 Å². The van der Waals surface area contributed by atoms with Gasteiger partial charge in [0.2, 0.25) is 0 Å². The van der Waals surface area contributed by atoms with E-state index in [1.54, 1.807) is 6.07 Å². The van der Waals surface area contributed by atoms with Crippen molar-refractivity contribution in [1.82, 2.24) is 10.2 Å². The Hall–Kier alpha value is -1.30. The molecule has 1 aromatic rings. The van der Waals surface area contributed by atoms with Gasteiger partial charge in [-0.1, -0.05) is 26.0 Å². The van der Waals surface area contributed by atoms with Gasteiger partial charge in [-0.05, 0) is 13.0 Å². The van der Waals surface area contributed by atoms with Crippen LogP contribution < -0.4 is 10.1 Å². The molecular formula is C17H28N2O3. The van der Waals surface area contributed by atoms with Crippen LogP contribution in [0.2, 0.25) is 0 Å². The topological polar surface area (TPSA) is 65.0 Å². The lowest BCUT2D eigenvalue weighted by atomic mass is 9.79. The molecule has 0 amide bonds. The van der Waals surface area contributed by atoms with E-state index >= 15 is 0 Å². The van der Waals surface area contributed by atoms with Gasteiger partial charge in [0.1, 0.15) is 0 Å². The molecule has 0 saturated carbocycles. The molecule has 1 heterocycles.